The molecule has 0 aromatic heterocycles. The molecule has 0 saturated heterocycles. The summed E-state index contributed by atoms with van der Waals surface area (Å²) in [4.78, 5) is 2.06. The molecule has 0 amide bonds. The molecular formula is C11H18N2O. The maximum absolute atomic E-state index is 5.93. The van der Waals surface area contributed by atoms with E-state index in [4.69, 9.17) is 10.5 Å². The second-order valence-electron chi connectivity index (χ2n) is 3.55. The standard InChI is InChI=1S/C11H18N2O/c1-13(2)10-6-4-5-9(7-10)11(12)8-14-3/h4-7,11H,8,12H2,1-3H3. The first-order valence-electron chi connectivity index (χ1n) is 4.67. The molecule has 1 unspecified atom stereocenters. The molecule has 1 aromatic rings. The van der Waals surface area contributed by atoms with E-state index in [0.29, 0.717) is 6.61 Å². The van der Waals surface area contributed by atoms with Crippen LogP contribution in [0.3, 0.4) is 0 Å². The maximum Gasteiger partial charge on any atom is 0.0655 e. The van der Waals surface area contributed by atoms with Crippen LogP contribution in [0.25, 0.3) is 0 Å². The van der Waals surface area contributed by atoms with Crippen molar-refractivity contribution in [3.8, 4) is 0 Å². The monoisotopic (exact) mass is 194 g/mol. The van der Waals surface area contributed by atoms with Gasteiger partial charge >= 0.3 is 0 Å². The number of nitrogens with zero attached hydrogens (tertiary/aromatic N) is 1. The highest BCUT2D eigenvalue weighted by atomic mass is 16.5. The van der Waals surface area contributed by atoms with Gasteiger partial charge < -0.3 is 15.4 Å². The normalized spacial score (nSPS) is 12.6. The summed E-state index contributed by atoms with van der Waals surface area (Å²) >= 11 is 0. The summed E-state index contributed by atoms with van der Waals surface area (Å²) in [5.74, 6) is 0. The van der Waals surface area contributed by atoms with Crippen LogP contribution < -0.4 is 10.6 Å². The van der Waals surface area contributed by atoms with Crippen LogP contribution in [0.5, 0.6) is 0 Å². The third-order valence-corrected chi connectivity index (χ3v) is 2.16. The van der Waals surface area contributed by atoms with Crippen molar-refractivity contribution in [1.29, 1.82) is 0 Å². The minimum absolute atomic E-state index is 0.0418. The molecule has 2 N–H and O–H groups in total. The second-order valence-corrected chi connectivity index (χ2v) is 3.55. The van der Waals surface area contributed by atoms with Crippen molar-refractivity contribution in [3.05, 3.63) is 29.8 Å². The van der Waals surface area contributed by atoms with E-state index in [-0.39, 0.29) is 6.04 Å². The molecule has 1 atom stereocenters. The van der Waals surface area contributed by atoms with Gasteiger partial charge in [-0.1, -0.05) is 12.1 Å². The average Bonchev–Trinajstić information content (AvgIpc) is 2.18. The fourth-order valence-corrected chi connectivity index (χ4v) is 1.31. The first-order chi connectivity index (χ1) is 6.65. The molecule has 0 radical (unpaired) electrons. The summed E-state index contributed by atoms with van der Waals surface area (Å²) < 4.78 is 5.02. The van der Waals surface area contributed by atoms with E-state index in [2.05, 4.69) is 17.0 Å². The van der Waals surface area contributed by atoms with Gasteiger partial charge in [-0.25, -0.2) is 0 Å². The van der Waals surface area contributed by atoms with E-state index < -0.39 is 0 Å². The summed E-state index contributed by atoms with van der Waals surface area (Å²) in [5.41, 5.74) is 8.20. The SMILES string of the molecule is COCC(N)c1cccc(N(C)C)c1. The molecule has 0 aliphatic heterocycles. The van der Waals surface area contributed by atoms with Crippen LogP contribution in [0.1, 0.15) is 11.6 Å². The van der Waals surface area contributed by atoms with Gasteiger partial charge in [0.15, 0.2) is 0 Å². The second kappa shape index (κ2) is 4.98. The predicted molar refractivity (Wildman–Crippen MR) is 59.6 cm³/mol. The van der Waals surface area contributed by atoms with Gasteiger partial charge in [-0.3, -0.25) is 0 Å². The molecule has 1 aromatic carbocycles. The minimum Gasteiger partial charge on any atom is -0.383 e. The van der Waals surface area contributed by atoms with E-state index in [9.17, 15) is 0 Å². The van der Waals surface area contributed by atoms with E-state index in [1.165, 1.54) is 0 Å². The topological polar surface area (TPSA) is 38.5 Å². The zero-order chi connectivity index (χ0) is 10.6. The van der Waals surface area contributed by atoms with Gasteiger partial charge in [0.05, 0.1) is 12.6 Å². The summed E-state index contributed by atoms with van der Waals surface area (Å²) in [6, 6.07) is 8.14. The largest absolute Gasteiger partial charge is 0.383 e. The third-order valence-electron chi connectivity index (χ3n) is 2.16. The van der Waals surface area contributed by atoms with E-state index in [0.717, 1.165) is 11.3 Å². The highest BCUT2D eigenvalue weighted by molar-refractivity contribution is 5.47. The van der Waals surface area contributed by atoms with Crippen molar-refractivity contribution < 1.29 is 4.74 Å². The number of rotatable bonds is 4. The molecule has 78 valence electrons. The van der Waals surface area contributed by atoms with E-state index >= 15 is 0 Å². The highest BCUT2D eigenvalue weighted by Gasteiger charge is 2.06. The van der Waals surface area contributed by atoms with Gasteiger partial charge in [0, 0.05) is 26.9 Å². The number of hydrogen-bond donors (Lipinski definition) is 1. The number of ether oxygens (including phenoxy) is 1. The van der Waals surface area contributed by atoms with Crippen LogP contribution >= 0.6 is 0 Å². The molecule has 0 spiro atoms. The molecule has 3 heteroatoms. The lowest BCUT2D eigenvalue weighted by Gasteiger charge is -2.16. The van der Waals surface area contributed by atoms with Crippen LogP contribution in [0.4, 0.5) is 5.69 Å². The first-order valence-corrected chi connectivity index (χ1v) is 4.67. The lowest BCUT2D eigenvalue weighted by atomic mass is 10.1. The van der Waals surface area contributed by atoms with Gasteiger partial charge in [0.1, 0.15) is 0 Å². The Hall–Kier alpha value is -1.06. The highest BCUT2D eigenvalue weighted by Crippen LogP contribution is 2.17. The summed E-state index contributed by atoms with van der Waals surface area (Å²) in [5, 5.41) is 0. The van der Waals surface area contributed by atoms with Crippen LogP contribution in [0.2, 0.25) is 0 Å². The molecule has 0 aliphatic carbocycles. The molecule has 0 heterocycles. The lowest BCUT2D eigenvalue weighted by molar-refractivity contribution is 0.181. The van der Waals surface area contributed by atoms with Crippen molar-refractivity contribution in [1.82, 2.24) is 0 Å². The molecule has 14 heavy (non-hydrogen) atoms. The molecule has 0 saturated carbocycles. The number of methoxy groups -OCH3 is 1. The van der Waals surface area contributed by atoms with Crippen molar-refractivity contribution in [2.75, 3.05) is 32.7 Å². The van der Waals surface area contributed by atoms with E-state index in [1.807, 2.05) is 26.2 Å². The number of benzene rings is 1. The van der Waals surface area contributed by atoms with Gasteiger partial charge in [-0.15, -0.1) is 0 Å². The molecule has 3 nitrogen and oxygen atoms in total. The smallest absolute Gasteiger partial charge is 0.0655 e. The molecule has 0 aliphatic rings. The van der Waals surface area contributed by atoms with Crippen LogP contribution in [-0.2, 0) is 4.74 Å². The Balaban J connectivity index is 2.82. The molecule has 1 rings (SSSR count). The van der Waals surface area contributed by atoms with Crippen LogP contribution in [0, 0.1) is 0 Å². The lowest BCUT2D eigenvalue weighted by Crippen LogP contribution is -2.17. The Labute approximate surface area is 85.5 Å². The zero-order valence-electron chi connectivity index (χ0n) is 9.03. The maximum atomic E-state index is 5.93. The van der Waals surface area contributed by atoms with Crippen molar-refractivity contribution in [3.63, 3.8) is 0 Å². The van der Waals surface area contributed by atoms with Crippen molar-refractivity contribution in [2.24, 2.45) is 5.73 Å². The quantitative estimate of drug-likeness (QED) is 0.787. The number of hydrogen-bond acceptors (Lipinski definition) is 3. The fourth-order valence-electron chi connectivity index (χ4n) is 1.31. The predicted octanol–water partition coefficient (Wildman–Crippen LogP) is 1.40. The summed E-state index contributed by atoms with van der Waals surface area (Å²) in [7, 11) is 5.69. The Morgan fingerprint density at radius 3 is 2.71 bits per heavy atom. The van der Waals surface area contributed by atoms with Crippen LogP contribution in [-0.4, -0.2) is 27.8 Å². The van der Waals surface area contributed by atoms with Gasteiger partial charge in [-0.05, 0) is 17.7 Å². The minimum atomic E-state index is -0.0418. The third kappa shape index (κ3) is 2.72. The zero-order valence-corrected chi connectivity index (χ0v) is 9.03. The van der Waals surface area contributed by atoms with Crippen molar-refractivity contribution in [2.45, 2.75) is 6.04 Å². The van der Waals surface area contributed by atoms with Crippen LogP contribution in [0.15, 0.2) is 24.3 Å². The summed E-state index contributed by atoms with van der Waals surface area (Å²) in [6.45, 7) is 0.552. The van der Waals surface area contributed by atoms with Crippen molar-refractivity contribution >= 4 is 5.69 Å². The van der Waals surface area contributed by atoms with Gasteiger partial charge in [0.2, 0.25) is 0 Å². The fraction of sp³-hybridized carbons (Fsp3) is 0.455. The Kier molecular flexibility index (Phi) is 3.92. The Morgan fingerprint density at radius 2 is 2.14 bits per heavy atom. The summed E-state index contributed by atoms with van der Waals surface area (Å²) in [6.07, 6.45) is 0. The molecule has 0 bridgehead atoms. The molecule has 0 fully saturated rings. The van der Waals surface area contributed by atoms with E-state index in [1.54, 1.807) is 7.11 Å². The first kappa shape index (κ1) is 11.0. The number of anilines is 1. The van der Waals surface area contributed by atoms with Gasteiger partial charge in [0.25, 0.3) is 0 Å². The number of nitrogens with two attached hydrogens (primary N) is 1. The Bertz CT molecular complexity index is 286. The average molecular weight is 194 g/mol. The van der Waals surface area contributed by atoms with Gasteiger partial charge in [-0.2, -0.15) is 0 Å². The molecular weight excluding hydrogens is 176 g/mol. The Morgan fingerprint density at radius 1 is 1.43 bits per heavy atom.